The summed E-state index contributed by atoms with van der Waals surface area (Å²) in [5.74, 6) is 1.09. The lowest BCUT2D eigenvalue weighted by molar-refractivity contribution is 0.818. The number of rotatable bonds is 3. The highest BCUT2D eigenvalue weighted by molar-refractivity contribution is 14.1. The van der Waals surface area contributed by atoms with Crippen molar-refractivity contribution in [3.05, 3.63) is 51.9 Å². The molecule has 0 atom stereocenters. The molecule has 3 aromatic rings. The Morgan fingerprint density at radius 3 is 2.60 bits per heavy atom. The van der Waals surface area contributed by atoms with E-state index in [1.807, 2.05) is 12.1 Å². The number of imidazole rings is 1. The first-order chi connectivity index (χ1) is 9.69. The van der Waals surface area contributed by atoms with Gasteiger partial charge in [-0.25, -0.2) is 4.98 Å². The summed E-state index contributed by atoms with van der Waals surface area (Å²) < 4.78 is 3.46. The molecule has 0 unspecified atom stereocenters. The fourth-order valence-corrected chi connectivity index (χ4v) is 2.78. The maximum atomic E-state index is 5.87. The second kappa shape index (κ2) is 5.44. The smallest absolute Gasteiger partial charge is 0.114 e. The van der Waals surface area contributed by atoms with Gasteiger partial charge >= 0.3 is 0 Å². The first kappa shape index (κ1) is 13.4. The van der Waals surface area contributed by atoms with Crippen molar-refractivity contribution < 1.29 is 0 Å². The number of halogens is 1. The molecule has 3 nitrogen and oxygen atoms in total. The summed E-state index contributed by atoms with van der Waals surface area (Å²) >= 11 is 2.32. The quantitative estimate of drug-likeness (QED) is 0.550. The van der Waals surface area contributed by atoms with Gasteiger partial charge in [-0.1, -0.05) is 6.92 Å². The second-order valence-electron chi connectivity index (χ2n) is 4.84. The third-order valence-electron chi connectivity index (χ3n) is 3.31. The molecule has 0 saturated heterocycles. The van der Waals surface area contributed by atoms with Crippen LogP contribution in [0, 0.1) is 3.57 Å². The molecule has 20 heavy (non-hydrogen) atoms. The molecule has 102 valence electrons. The zero-order valence-electron chi connectivity index (χ0n) is 11.3. The first-order valence-electron chi connectivity index (χ1n) is 6.72. The van der Waals surface area contributed by atoms with Gasteiger partial charge in [0.05, 0.1) is 11.0 Å². The summed E-state index contributed by atoms with van der Waals surface area (Å²) in [6.45, 7) is 2.17. The standard InChI is InChI=1S/C16H16IN3/c1-2-3-16-19-14-10-12(18)6-9-15(14)20(16)13-7-4-11(17)5-8-13/h4-10H,2-3,18H2,1H3. The van der Waals surface area contributed by atoms with Crippen LogP contribution in [-0.4, -0.2) is 9.55 Å². The molecule has 0 spiro atoms. The summed E-state index contributed by atoms with van der Waals surface area (Å²) in [6.07, 6.45) is 2.03. The van der Waals surface area contributed by atoms with Gasteiger partial charge < -0.3 is 5.73 Å². The Morgan fingerprint density at radius 2 is 1.90 bits per heavy atom. The number of benzene rings is 2. The minimum atomic E-state index is 0.757. The molecule has 0 saturated carbocycles. The third kappa shape index (κ3) is 2.40. The van der Waals surface area contributed by atoms with E-state index in [1.165, 1.54) is 3.57 Å². The molecular formula is C16H16IN3. The van der Waals surface area contributed by atoms with Crippen LogP contribution in [0.1, 0.15) is 19.2 Å². The van der Waals surface area contributed by atoms with Crippen molar-refractivity contribution >= 4 is 39.3 Å². The topological polar surface area (TPSA) is 43.8 Å². The molecule has 0 aliphatic heterocycles. The molecule has 0 radical (unpaired) electrons. The van der Waals surface area contributed by atoms with Gasteiger partial charge in [0.1, 0.15) is 5.82 Å². The average Bonchev–Trinajstić information content (AvgIpc) is 2.77. The lowest BCUT2D eigenvalue weighted by atomic mass is 10.2. The van der Waals surface area contributed by atoms with Crippen molar-refractivity contribution in [3.63, 3.8) is 0 Å². The summed E-state index contributed by atoms with van der Waals surface area (Å²) in [5.41, 5.74) is 9.86. The number of nitrogens with two attached hydrogens (primary N) is 1. The Bertz CT molecular complexity index is 744. The molecular weight excluding hydrogens is 361 g/mol. The summed E-state index contributed by atoms with van der Waals surface area (Å²) in [5, 5.41) is 0. The van der Waals surface area contributed by atoms with Crippen molar-refractivity contribution in [2.24, 2.45) is 0 Å². The van der Waals surface area contributed by atoms with E-state index in [9.17, 15) is 0 Å². The van der Waals surface area contributed by atoms with Crippen LogP contribution in [-0.2, 0) is 6.42 Å². The van der Waals surface area contributed by atoms with E-state index in [0.717, 1.165) is 41.1 Å². The van der Waals surface area contributed by atoms with Crippen LogP contribution in [0.25, 0.3) is 16.7 Å². The van der Waals surface area contributed by atoms with Gasteiger partial charge in [-0.2, -0.15) is 0 Å². The predicted octanol–water partition coefficient (Wildman–Crippen LogP) is 4.16. The number of fused-ring (bicyclic) bond motifs is 1. The number of aromatic nitrogens is 2. The van der Waals surface area contributed by atoms with Crippen LogP contribution >= 0.6 is 22.6 Å². The molecule has 2 N–H and O–H groups in total. The van der Waals surface area contributed by atoms with Crippen molar-refractivity contribution in [1.82, 2.24) is 9.55 Å². The van der Waals surface area contributed by atoms with E-state index in [4.69, 9.17) is 10.7 Å². The maximum Gasteiger partial charge on any atom is 0.114 e. The molecule has 4 heteroatoms. The molecule has 0 bridgehead atoms. The van der Waals surface area contributed by atoms with Crippen LogP contribution in [0.2, 0.25) is 0 Å². The maximum absolute atomic E-state index is 5.87. The fraction of sp³-hybridized carbons (Fsp3) is 0.188. The highest BCUT2D eigenvalue weighted by Crippen LogP contribution is 2.24. The number of hydrogen-bond donors (Lipinski definition) is 1. The van der Waals surface area contributed by atoms with Gasteiger partial charge in [-0.05, 0) is 71.5 Å². The first-order valence-corrected chi connectivity index (χ1v) is 7.79. The lowest BCUT2D eigenvalue weighted by Crippen LogP contribution is -2.01. The van der Waals surface area contributed by atoms with Crippen LogP contribution in [0.15, 0.2) is 42.5 Å². The molecule has 0 amide bonds. The zero-order chi connectivity index (χ0) is 14.1. The normalized spacial score (nSPS) is 11.1. The minimum Gasteiger partial charge on any atom is -0.399 e. The average molecular weight is 377 g/mol. The van der Waals surface area contributed by atoms with Gasteiger partial charge in [0.25, 0.3) is 0 Å². The highest BCUT2D eigenvalue weighted by atomic mass is 127. The van der Waals surface area contributed by atoms with Gasteiger partial charge in [0, 0.05) is 21.4 Å². The van der Waals surface area contributed by atoms with Gasteiger partial charge in [-0.15, -0.1) is 0 Å². The Hall–Kier alpha value is -1.56. The molecule has 0 aliphatic rings. The fourth-order valence-electron chi connectivity index (χ4n) is 2.42. The van der Waals surface area contributed by atoms with E-state index >= 15 is 0 Å². The Balaban J connectivity index is 2.25. The van der Waals surface area contributed by atoms with Gasteiger partial charge in [0.2, 0.25) is 0 Å². The van der Waals surface area contributed by atoms with Crippen LogP contribution in [0.4, 0.5) is 5.69 Å². The van der Waals surface area contributed by atoms with E-state index in [2.05, 4.69) is 64.4 Å². The van der Waals surface area contributed by atoms with Crippen LogP contribution < -0.4 is 5.73 Å². The summed E-state index contributed by atoms with van der Waals surface area (Å²) in [7, 11) is 0. The zero-order valence-corrected chi connectivity index (χ0v) is 13.5. The number of nitrogen functional groups attached to an aromatic ring is 1. The number of hydrogen-bond acceptors (Lipinski definition) is 2. The van der Waals surface area contributed by atoms with Crippen LogP contribution in [0.5, 0.6) is 0 Å². The van der Waals surface area contributed by atoms with Crippen LogP contribution in [0.3, 0.4) is 0 Å². The molecule has 3 rings (SSSR count). The molecule has 1 aromatic heterocycles. The third-order valence-corrected chi connectivity index (χ3v) is 4.03. The number of aryl methyl sites for hydroxylation is 1. The monoisotopic (exact) mass is 377 g/mol. The van der Waals surface area contributed by atoms with Crippen molar-refractivity contribution in [1.29, 1.82) is 0 Å². The van der Waals surface area contributed by atoms with Gasteiger partial charge in [-0.3, -0.25) is 4.57 Å². The molecule has 0 fully saturated rings. The Kier molecular flexibility index (Phi) is 3.65. The summed E-state index contributed by atoms with van der Waals surface area (Å²) in [4.78, 5) is 4.74. The van der Waals surface area contributed by atoms with E-state index < -0.39 is 0 Å². The minimum absolute atomic E-state index is 0.757. The number of anilines is 1. The van der Waals surface area contributed by atoms with Crippen molar-refractivity contribution in [3.8, 4) is 5.69 Å². The Labute approximate surface area is 132 Å². The number of nitrogens with zero attached hydrogens (tertiary/aromatic N) is 2. The predicted molar refractivity (Wildman–Crippen MR) is 92.2 cm³/mol. The highest BCUT2D eigenvalue weighted by Gasteiger charge is 2.11. The lowest BCUT2D eigenvalue weighted by Gasteiger charge is -2.09. The van der Waals surface area contributed by atoms with E-state index in [-0.39, 0.29) is 0 Å². The van der Waals surface area contributed by atoms with Crippen molar-refractivity contribution in [2.75, 3.05) is 5.73 Å². The molecule has 1 heterocycles. The summed E-state index contributed by atoms with van der Waals surface area (Å²) in [6, 6.07) is 14.4. The second-order valence-corrected chi connectivity index (χ2v) is 6.08. The SMILES string of the molecule is CCCc1nc2cc(N)ccc2n1-c1ccc(I)cc1. The van der Waals surface area contributed by atoms with E-state index in [1.54, 1.807) is 0 Å². The van der Waals surface area contributed by atoms with Crippen molar-refractivity contribution in [2.45, 2.75) is 19.8 Å². The molecule has 0 aliphatic carbocycles. The van der Waals surface area contributed by atoms with Gasteiger partial charge in [0.15, 0.2) is 0 Å². The Morgan fingerprint density at radius 1 is 1.15 bits per heavy atom. The van der Waals surface area contributed by atoms with E-state index in [0.29, 0.717) is 0 Å². The molecule has 2 aromatic carbocycles. The largest absolute Gasteiger partial charge is 0.399 e.